The van der Waals surface area contributed by atoms with Crippen LogP contribution in [0.4, 0.5) is 5.69 Å². The number of rotatable bonds is 2. The van der Waals surface area contributed by atoms with Gasteiger partial charge in [0.05, 0.1) is 5.69 Å². The monoisotopic (exact) mass is 372 g/mol. The van der Waals surface area contributed by atoms with Gasteiger partial charge in [-0.3, -0.25) is 0 Å². The van der Waals surface area contributed by atoms with Gasteiger partial charge in [0, 0.05) is 34.7 Å². The number of piperazine rings is 1. The third kappa shape index (κ3) is 3.94. The summed E-state index contributed by atoms with van der Waals surface area (Å²) in [7, 11) is 0. The lowest BCUT2D eigenvalue weighted by Crippen LogP contribution is -2.62. The Bertz CT molecular complexity index is 496. The summed E-state index contributed by atoms with van der Waals surface area (Å²) in [6.07, 6.45) is 0. The highest BCUT2D eigenvalue weighted by atomic mass is 79.9. The van der Waals surface area contributed by atoms with Gasteiger partial charge >= 0.3 is 0 Å². The minimum Gasteiger partial charge on any atom is -0.364 e. The number of hydrogen-bond acceptors (Lipinski definition) is 2. The molecule has 1 aliphatic heterocycles. The van der Waals surface area contributed by atoms with Crippen LogP contribution in [-0.4, -0.2) is 25.2 Å². The smallest absolute Gasteiger partial charge is 0.0529 e. The molecule has 1 aromatic carbocycles. The number of benzene rings is 1. The van der Waals surface area contributed by atoms with E-state index in [-0.39, 0.29) is 5.41 Å². The first kappa shape index (κ1) is 17.1. The Morgan fingerprint density at radius 3 is 2.57 bits per heavy atom. The van der Waals surface area contributed by atoms with Crippen LogP contribution in [0.1, 0.15) is 34.6 Å². The van der Waals surface area contributed by atoms with Crippen LogP contribution in [0.5, 0.6) is 0 Å². The SMILES string of the molecule is CC(C)C1CNC(C(C)(C)C)CN1c1cc(Cl)ccc1Br. The maximum absolute atomic E-state index is 6.23. The molecule has 2 nitrogen and oxygen atoms in total. The summed E-state index contributed by atoms with van der Waals surface area (Å²) in [4.78, 5) is 2.52. The van der Waals surface area contributed by atoms with Crippen molar-refractivity contribution < 1.29 is 0 Å². The molecule has 1 saturated heterocycles. The molecular weight excluding hydrogens is 348 g/mol. The van der Waals surface area contributed by atoms with Crippen molar-refractivity contribution in [2.24, 2.45) is 11.3 Å². The highest BCUT2D eigenvalue weighted by Crippen LogP contribution is 2.35. The molecule has 0 amide bonds. The molecule has 1 heterocycles. The van der Waals surface area contributed by atoms with Crippen LogP contribution in [0.2, 0.25) is 5.02 Å². The maximum atomic E-state index is 6.23. The lowest BCUT2D eigenvalue weighted by atomic mass is 9.83. The van der Waals surface area contributed by atoms with E-state index in [1.165, 1.54) is 5.69 Å². The summed E-state index contributed by atoms with van der Waals surface area (Å²) < 4.78 is 1.12. The van der Waals surface area contributed by atoms with E-state index < -0.39 is 0 Å². The Hall–Kier alpha value is -0.250. The Balaban J connectivity index is 2.36. The second kappa shape index (κ2) is 6.47. The van der Waals surface area contributed by atoms with Gasteiger partial charge in [0.1, 0.15) is 0 Å². The third-order valence-electron chi connectivity index (χ3n) is 4.39. The van der Waals surface area contributed by atoms with E-state index in [2.05, 4.69) is 66.8 Å². The Morgan fingerprint density at radius 1 is 1.33 bits per heavy atom. The zero-order chi connectivity index (χ0) is 15.8. The van der Waals surface area contributed by atoms with E-state index in [0.717, 1.165) is 22.6 Å². The van der Waals surface area contributed by atoms with Crippen molar-refractivity contribution in [1.29, 1.82) is 0 Å². The molecule has 0 aromatic heterocycles. The quantitative estimate of drug-likeness (QED) is 0.789. The first-order valence-electron chi connectivity index (χ1n) is 7.65. The molecule has 1 aliphatic rings. The van der Waals surface area contributed by atoms with Crippen molar-refractivity contribution in [3.05, 3.63) is 27.7 Å². The molecule has 2 unspecified atom stereocenters. The molecule has 0 aliphatic carbocycles. The molecule has 1 aromatic rings. The van der Waals surface area contributed by atoms with Gasteiger partial charge in [-0.2, -0.15) is 0 Å². The summed E-state index contributed by atoms with van der Waals surface area (Å²) in [6, 6.07) is 7.01. The molecule has 0 spiro atoms. The summed E-state index contributed by atoms with van der Waals surface area (Å²) >= 11 is 9.92. The average Bonchev–Trinajstić information content (AvgIpc) is 2.39. The summed E-state index contributed by atoms with van der Waals surface area (Å²) in [5, 5.41) is 4.53. The Kier molecular flexibility index (Phi) is 5.27. The van der Waals surface area contributed by atoms with E-state index in [1.807, 2.05) is 12.1 Å². The predicted molar refractivity (Wildman–Crippen MR) is 96.4 cm³/mol. The molecule has 4 heteroatoms. The number of halogens is 2. The van der Waals surface area contributed by atoms with Gasteiger partial charge in [0.25, 0.3) is 0 Å². The second-order valence-corrected chi connectivity index (χ2v) is 8.68. The fourth-order valence-electron chi connectivity index (χ4n) is 2.93. The van der Waals surface area contributed by atoms with Crippen LogP contribution in [0, 0.1) is 11.3 Å². The van der Waals surface area contributed by atoms with E-state index in [0.29, 0.717) is 18.0 Å². The zero-order valence-corrected chi connectivity index (χ0v) is 15.9. The van der Waals surface area contributed by atoms with Crippen LogP contribution in [0.15, 0.2) is 22.7 Å². The van der Waals surface area contributed by atoms with Crippen molar-refractivity contribution in [1.82, 2.24) is 5.32 Å². The highest BCUT2D eigenvalue weighted by molar-refractivity contribution is 9.10. The topological polar surface area (TPSA) is 15.3 Å². The maximum Gasteiger partial charge on any atom is 0.0529 e. The minimum absolute atomic E-state index is 0.241. The number of nitrogens with zero attached hydrogens (tertiary/aromatic N) is 1. The zero-order valence-electron chi connectivity index (χ0n) is 13.6. The van der Waals surface area contributed by atoms with Crippen molar-refractivity contribution in [3.63, 3.8) is 0 Å². The number of anilines is 1. The molecule has 0 saturated carbocycles. The van der Waals surface area contributed by atoms with Gasteiger partial charge < -0.3 is 10.2 Å². The fourth-order valence-corrected chi connectivity index (χ4v) is 3.57. The van der Waals surface area contributed by atoms with Crippen LogP contribution >= 0.6 is 27.5 Å². The summed E-state index contributed by atoms with van der Waals surface area (Å²) in [5.74, 6) is 0.587. The van der Waals surface area contributed by atoms with Gasteiger partial charge in [0.2, 0.25) is 0 Å². The van der Waals surface area contributed by atoms with Crippen molar-refractivity contribution >= 4 is 33.2 Å². The van der Waals surface area contributed by atoms with Crippen LogP contribution in [-0.2, 0) is 0 Å². The van der Waals surface area contributed by atoms with E-state index in [9.17, 15) is 0 Å². The van der Waals surface area contributed by atoms with Crippen molar-refractivity contribution in [2.75, 3.05) is 18.0 Å². The molecule has 2 rings (SSSR count). The molecule has 2 atom stereocenters. The molecule has 21 heavy (non-hydrogen) atoms. The minimum atomic E-state index is 0.241. The molecule has 1 N–H and O–H groups in total. The van der Waals surface area contributed by atoms with Gasteiger partial charge in [-0.15, -0.1) is 0 Å². The highest BCUT2D eigenvalue weighted by Gasteiger charge is 2.35. The Labute approximate surface area is 142 Å². The van der Waals surface area contributed by atoms with E-state index in [1.54, 1.807) is 0 Å². The number of nitrogens with one attached hydrogen (secondary N) is 1. The molecule has 0 bridgehead atoms. The molecule has 0 radical (unpaired) electrons. The Morgan fingerprint density at radius 2 is 2.00 bits per heavy atom. The van der Waals surface area contributed by atoms with Crippen LogP contribution in [0.25, 0.3) is 0 Å². The number of hydrogen-bond donors (Lipinski definition) is 1. The van der Waals surface area contributed by atoms with Crippen molar-refractivity contribution in [2.45, 2.75) is 46.7 Å². The second-order valence-electron chi connectivity index (χ2n) is 7.39. The van der Waals surface area contributed by atoms with Crippen LogP contribution < -0.4 is 10.2 Å². The van der Waals surface area contributed by atoms with Gasteiger partial charge in [0.15, 0.2) is 0 Å². The predicted octanol–water partition coefficient (Wildman–Crippen LogP) is 4.95. The summed E-state index contributed by atoms with van der Waals surface area (Å²) in [6.45, 7) is 13.5. The van der Waals surface area contributed by atoms with Gasteiger partial charge in [-0.05, 0) is 45.5 Å². The molecular formula is C17H26BrClN2. The lowest BCUT2D eigenvalue weighted by molar-refractivity contribution is 0.220. The van der Waals surface area contributed by atoms with Gasteiger partial charge in [-0.25, -0.2) is 0 Å². The fraction of sp³-hybridized carbons (Fsp3) is 0.647. The van der Waals surface area contributed by atoms with Crippen LogP contribution in [0.3, 0.4) is 0 Å². The third-order valence-corrected chi connectivity index (χ3v) is 5.29. The average molecular weight is 374 g/mol. The molecule has 1 fully saturated rings. The first-order chi connectivity index (χ1) is 9.70. The van der Waals surface area contributed by atoms with Gasteiger partial charge in [-0.1, -0.05) is 46.2 Å². The normalized spacial score (nSPS) is 23.7. The molecule has 118 valence electrons. The lowest BCUT2D eigenvalue weighted by Gasteiger charge is -2.48. The largest absolute Gasteiger partial charge is 0.364 e. The van der Waals surface area contributed by atoms with Crippen molar-refractivity contribution in [3.8, 4) is 0 Å². The van der Waals surface area contributed by atoms with E-state index >= 15 is 0 Å². The summed E-state index contributed by atoms with van der Waals surface area (Å²) in [5.41, 5.74) is 1.45. The first-order valence-corrected chi connectivity index (χ1v) is 8.82. The van der Waals surface area contributed by atoms with E-state index in [4.69, 9.17) is 11.6 Å². The standard InChI is InChI=1S/C17H26BrClN2/c1-11(2)15-9-20-16(17(3,4)5)10-21(15)14-8-12(19)6-7-13(14)18/h6-8,11,15-16,20H,9-10H2,1-5H3.